The highest BCUT2D eigenvalue weighted by atomic mass is 16.6. The fraction of sp³-hybridized carbons (Fsp3) is 0.500. The lowest BCUT2D eigenvalue weighted by molar-refractivity contribution is -0.384. The van der Waals surface area contributed by atoms with E-state index in [0.29, 0.717) is 18.4 Å². The lowest BCUT2D eigenvalue weighted by atomic mass is 9.81. The van der Waals surface area contributed by atoms with Gasteiger partial charge in [-0.3, -0.25) is 24.6 Å². The Morgan fingerprint density at radius 3 is 2.40 bits per heavy atom. The van der Waals surface area contributed by atoms with Crippen molar-refractivity contribution in [1.82, 2.24) is 15.1 Å². The average Bonchev–Trinajstić information content (AvgIpc) is 2.97. The highest BCUT2D eigenvalue weighted by Gasteiger charge is 2.50. The first-order valence-electron chi connectivity index (χ1n) is 9.71. The van der Waals surface area contributed by atoms with Crippen LogP contribution in [0.15, 0.2) is 24.3 Å². The number of benzene rings is 1. The third-order valence-electron chi connectivity index (χ3n) is 6.13. The number of urea groups is 1. The number of hydrogen-bond acceptors (Lipinski definition) is 6. The number of non-ortho nitro benzene ring substituents is 1. The van der Waals surface area contributed by atoms with Gasteiger partial charge in [0.1, 0.15) is 17.6 Å². The van der Waals surface area contributed by atoms with E-state index in [1.54, 1.807) is 0 Å². The molecule has 1 aliphatic heterocycles. The van der Waals surface area contributed by atoms with Crippen molar-refractivity contribution >= 4 is 23.5 Å². The van der Waals surface area contributed by atoms with Crippen molar-refractivity contribution < 1.29 is 19.3 Å². The van der Waals surface area contributed by atoms with Gasteiger partial charge in [-0.15, -0.1) is 0 Å². The normalized spacial score (nSPS) is 22.9. The van der Waals surface area contributed by atoms with E-state index in [-0.39, 0.29) is 5.69 Å². The van der Waals surface area contributed by atoms with Crippen molar-refractivity contribution in [3.8, 4) is 6.07 Å². The third-order valence-corrected chi connectivity index (χ3v) is 6.13. The Kier molecular flexibility index (Phi) is 5.48. The third kappa shape index (κ3) is 3.47. The zero-order valence-corrected chi connectivity index (χ0v) is 16.9. The molecule has 1 saturated heterocycles. The molecule has 1 aromatic carbocycles. The molecule has 10 nitrogen and oxygen atoms in total. The number of carbonyl (C=O) groups excluding carboxylic acids is 3. The minimum absolute atomic E-state index is 0.137. The molecule has 0 bridgehead atoms. The Hall–Kier alpha value is -3.48. The lowest BCUT2D eigenvalue weighted by Gasteiger charge is -2.39. The molecule has 0 aromatic heterocycles. The number of imide groups is 1. The lowest BCUT2D eigenvalue weighted by Crippen LogP contribution is -2.53. The molecule has 3 rings (SSSR count). The second kappa shape index (κ2) is 7.74. The van der Waals surface area contributed by atoms with Crippen LogP contribution in [0.25, 0.3) is 0 Å². The van der Waals surface area contributed by atoms with Gasteiger partial charge in [-0.25, -0.2) is 4.79 Å². The minimum atomic E-state index is -1.44. The number of nitriles is 1. The molecule has 1 saturated carbocycles. The molecule has 0 spiro atoms. The minimum Gasteiger partial charge on any atom is -0.325 e. The van der Waals surface area contributed by atoms with Crippen molar-refractivity contribution in [2.24, 2.45) is 0 Å². The highest BCUT2D eigenvalue weighted by molar-refractivity contribution is 6.09. The number of nitrogens with one attached hydrogen (secondary N) is 1. The van der Waals surface area contributed by atoms with Crippen LogP contribution in [0.5, 0.6) is 0 Å². The topological polar surface area (TPSA) is 137 Å². The Morgan fingerprint density at radius 2 is 1.87 bits per heavy atom. The average molecular weight is 413 g/mol. The van der Waals surface area contributed by atoms with Gasteiger partial charge in [0.2, 0.25) is 5.91 Å². The Labute approximate surface area is 173 Å². The predicted molar refractivity (Wildman–Crippen MR) is 105 cm³/mol. The monoisotopic (exact) mass is 413 g/mol. The standard InChI is InChI=1S/C20H23N5O5/c1-19(14-6-8-15(9-7-14)25(29)30)17(27)24(18(28)22-19)12-16(26)23(2)20(13-21)10-4-3-5-11-20/h6-9H,3-5,10-12H2,1-2H3,(H,22,28). The predicted octanol–water partition coefficient (Wildman–Crippen LogP) is 2.05. The van der Waals surface area contributed by atoms with Crippen LogP contribution in [-0.4, -0.2) is 51.7 Å². The summed E-state index contributed by atoms with van der Waals surface area (Å²) in [5.41, 5.74) is -2.13. The van der Waals surface area contributed by atoms with Gasteiger partial charge in [0, 0.05) is 19.2 Å². The maximum absolute atomic E-state index is 13.0. The molecule has 1 atom stereocenters. The number of hydrogen-bond donors (Lipinski definition) is 1. The number of amides is 4. The SMILES string of the molecule is CN(C(=O)CN1C(=O)NC(C)(c2ccc([N+](=O)[O-])cc2)C1=O)C1(C#N)CCCCC1. The van der Waals surface area contributed by atoms with Crippen molar-refractivity contribution in [2.75, 3.05) is 13.6 Å². The molecule has 158 valence electrons. The largest absolute Gasteiger partial charge is 0.325 e. The first kappa shape index (κ1) is 21.2. The number of nitro groups is 1. The van der Waals surface area contributed by atoms with Gasteiger partial charge in [0.25, 0.3) is 11.6 Å². The smallest absolute Gasteiger partial charge is 0.325 e. The number of carbonyl (C=O) groups is 3. The second-order valence-electron chi connectivity index (χ2n) is 7.91. The Bertz CT molecular complexity index is 932. The highest BCUT2D eigenvalue weighted by Crippen LogP contribution is 2.33. The molecule has 10 heteroatoms. The van der Waals surface area contributed by atoms with E-state index in [0.717, 1.165) is 24.2 Å². The van der Waals surface area contributed by atoms with Gasteiger partial charge in [-0.1, -0.05) is 19.3 Å². The molecule has 4 amide bonds. The zero-order valence-electron chi connectivity index (χ0n) is 16.9. The van der Waals surface area contributed by atoms with Crippen molar-refractivity contribution in [3.05, 3.63) is 39.9 Å². The number of nitrogens with zero attached hydrogens (tertiary/aromatic N) is 4. The van der Waals surface area contributed by atoms with E-state index in [1.165, 1.54) is 43.1 Å². The van der Waals surface area contributed by atoms with Gasteiger partial charge in [0.15, 0.2) is 0 Å². The summed E-state index contributed by atoms with van der Waals surface area (Å²) in [6.45, 7) is 1.01. The molecule has 2 aliphatic rings. The molecule has 1 heterocycles. The van der Waals surface area contributed by atoms with Crippen molar-refractivity contribution in [1.29, 1.82) is 5.26 Å². The number of likely N-dealkylation sites (N-methyl/N-ethyl adjacent to an activating group) is 1. The molecule has 2 fully saturated rings. The Morgan fingerprint density at radius 1 is 1.27 bits per heavy atom. The van der Waals surface area contributed by atoms with E-state index in [9.17, 15) is 29.8 Å². The van der Waals surface area contributed by atoms with Gasteiger partial charge in [-0.05, 0) is 37.5 Å². The summed E-state index contributed by atoms with van der Waals surface area (Å²) < 4.78 is 0. The first-order chi connectivity index (χ1) is 14.1. The van der Waals surface area contributed by atoms with Crippen LogP contribution in [0.2, 0.25) is 0 Å². The molecular formula is C20H23N5O5. The summed E-state index contributed by atoms with van der Waals surface area (Å²) in [5.74, 6) is -1.12. The summed E-state index contributed by atoms with van der Waals surface area (Å²) >= 11 is 0. The van der Waals surface area contributed by atoms with Crippen LogP contribution >= 0.6 is 0 Å². The second-order valence-corrected chi connectivity index (χ2v) is 7.91. The van der Waals surface area contributed by atoms with E-state index < -0.39 is 40.4 Å². The van der Waals surface area contributed by atoms with E-state index in [2.05, 4.69) is 11.4 Å². The summed E-state index contributed by atoms with van der Waals surface area (Å²) in [6.07, 6.45) is 3.81. The van der Waals surface area contributed by atoms with Crippen molar-refractivity contribution in [3.63, 3.8) is 0 Å². The van der Waals surface area contributed by atoms with Gasteiger partial charge >= 0.3 is 6.03 Å². The fourth-order valence-corrected chi connectivity index (χ4v) is 4.09. The molecule has 0 radical (unpaired) electrons. The van der Waals surface area contributed by atoms with Crippen LogP contribution < -0.4 is 5.32 Å². The van der Waals surface area contributed by atoms with Gasteiger partial charge in [-0.2, -0.15) is 5.26 Å². The molecular weight excluding hydrogens is 390 g/mol. The fourth-order valence-electron chi connectivity index (χ4n) is 4.09. The van der Waals surface area contributed by atoms with Crippen LogP contribution in [0.4, 0.5) is 10.5 Å². The summed E-state index contributed by atoms with van der Waals surface area (Å²) in [4.78, 5) is 50.8. The molecule has 1 unspecified atom stereocenters. The zero-order chi connectivity index (χ0) is 22.1. The van der Waals surface area contributed by atoms with E-state index in [1.807, 2.05) is 0 Å². The first-order valence-corrected chi connectivity index (χ1v) is 9.71. The molecule has 30 heavy (non-hydrogen) atoms. The van der Waals surface area contributed by atoms with Gasteiger partial charge in [0.05, 0.1) is 11.0 Å². The molecule has 1 N–H and O–H groups in total. The Balaban J connectivity index is 1.78. The van der Waals surface area contributed by atoms with E-state index >= 15 is 0 Å². The number of rotatable bonds is 5. The van der Waals surface area contributed by atoms with Gasteiger partial charge < -0.3 is 10.2 Å². The van der Waals surface area contributed by atoms with Crippen LogP contribution in [-0.2, 0) is 15.1 Å². The molecule has 1 aliphatic carbocycles. The van der Waals surface area contributed by atoms with Crippen molar-refractivity contribution in [2.45, 2.75) is 50.1 Å². The van der Waals surface area contributed by atoms with Crippen LogP contribution in [0, 0.1) is 21.4 Å². The summed E-state index contributed by atoms with van der Waals surface area (Å²) in [7, 11) is 1.53. The van der Waals surface area contributed by atoms with E-state index in [4.69, 9.17) is 0 Å². The molecule has 1 aromatic rings. The quantitative estimate of drug-likeness (QED) is 0.446. The van der Waals surface area contributed by atoms with Crippen LogP contribution in [0.3, 0.4) is 0 Å². The maximum Gasteiger partial charge on any atom is 0.325 e. The maximum atomic E-state index is 13.0. The summed E-state index contributed by atoms with van der Waals surface area (Å²) in [6, 6.07) is 6.83. The summed E-state index contributed by atoms with van der Waals surface area (Å²) in [5, 5.41) is 23.1. The number of nitro benzene ring substituents is 1. The van der Waals surface area contributed by atoms with Crippen LogP contribution in [0.1, 0.15) is 44.6 Å².